The van der Waals surface area contributed by atoms with Crippen LogP contribution in [-0.2, 0) is 12.8 Å². The molecule has 0 radical (unpaired) electrons. The van der Waals surface area contributed by atoms with Crippen LogP contribution in [0.2, 0.25) is 0 Å². The molecule has 2 unspecified atom stereocenters. The average molecular weight is 301 g/mol. The molecule has 0 heterocycles. The van der Waals surface area contributed by atoms with E-state index in [2.05, 4.69) is 10.5 Å². The summed E-state index contributed by atoms with van der Waals surface area (Å²) in [7, 11) is 0. The Morgan fingerprint density at radius 3 is 2.67 bits per heavy atom. The average Bonchev–Trinajstić information content (AvgIpc) is 2.45. The lowest BCUT2D eigenvalue weighted by atomic mass is 9.88. The number of alkyl halides is 3. The van der Waals surface area contributed by atoms with Crippen LogP contribution in [0.1, 0.15) is 17.5 Å². The van der Waals surface area contributed by atoms with Gasteiger partial charge in [0.05, 0.1) is 0 Å². The first-order valence-corrected chi connectivity index (χ1v) is 6.76. The zero-order valence-corrected chi connectivity index (χ0v) is 11.4. The number of rotatable bonds is 4. The van der Waals surface area contributed by atoms with E-state index in [4.69, 9.17) is 10.9 Å². The van der Waals surface area contributed by atoms with Gasteiger partial charge >= 0.3 is 6.18 Å². The van der Waals surface area contributed by atoms with Crippen LogP contribution in [0.5, 0.6) is 0 Å². The topological polar surface area (TPSA) is 70.6 Å². The standard InChI is InChI=1S/C14H18F3N3O/c15-14(16,17)12(13(18)20-21)8-19-11-6-5-9-3-1-2-4-10(9)7-11/h1-4,11-12,19,21H,5-8H2,(H2,18,20). The van der Waals surface area contributed by atoms with Crippen LogP contribution in [0.15, 0.2) is 29.4 Å². The summed E-state index contributed by atoms with van der Waals surface area (Å²) in [5.41, 5.74) is 7.55. The van der Waals surface area contributed by atoms with E-state index in [1.165, 1.54) is 5.56 Å². The van der Waals surface area contributed by atoms with Crippen LogP contribution in [0.4, 0.5) is 13.2 Å². The lowest BCUT2D eigenvalue weighted by Crippen LogP contribution is -2.46. The van der Waals surface area contributed by atoms with Gasteiger partial charge in [-0.15, -0.1) is 0 Å². The number of nitrogens with zero attached hydrogens (tertiary/aromatic N) is 1. The first-order chi connectivity index (χ1) is 9.91. The number of hydrogen-bond acceptors (Lipinski definition) is 3. The number of fused-ring (bicyclic) bond motifs is 1. The molecule has 2 atom stereocenters. The van der Waals surface area contributed by atoms with Gasteiger partial charge in [-0.2, -0.15) is 13.2 Å². The second kappa shape index (κ2) is 6.34. The van der Waals surface area contributed by atoms with Crippen molar-refractivity contribution in [2.45, 2.75) is 31.5 Å². The molecule has 0 aliphatic heterocycles. The number of aryl methyl sites for hydroxylation is 1. The molecule has 1 aliphatic carbocycles. The van der Waals surface area contributed by atoms with Gasteiger partial charge in [0.2, 0.25) is 0 Å². The van der Waals surface area contributed by atoms with Crippen molar-refractivity contribution in [1.29, 1.82) is 0 Å². The van der Waals surface area contributed by atoms with E-state index in [1.807, 2.05) is 24.3 Å². The third-order valence-electron chi connectivity index (χ3n) is 3.83. The Bertz CT molecular complexity index is 516. The summed E-state index contributed by atoms with van der Waals surface area (Å²) >= 11 is 0. The molecule has 0 bridgehead atoms. The molecule has 2 rings (SSSR count). The fraction of sp³-hybridized carbons (Fsp3) is 0.500. The molecule has 0 amide bonds. The Hall–Kier alpha value is -1.76. The molecule has 0 saturated carbocycles. The lowest BCUT2D eigenvalue weighted by Gasteiger charge is -2.28. The maximum Gasteiger partial charge on any atom is 0.400 e. The Balaban J connectivity index is 1.97. The van der Waals surface area contributed by atoms with Gasteiger partial charge in [0.1, 0.15) is 5.92 Å². The lowest BCUT2D eigenvalue weighted by molar-refractivity contribution is -0.155. The van der Waals surface area contributed by atoms with Crippen molar-refractivity contribution in [3.63, 3.8) is 0 Å². The van der Waals surface area contributed by atoms with Crippen molar-refractivity contribution in [1.82, 2.24) is 5.32 Å². The molecular formula is C14H18F3N3O. The quantitative estimate of drug-likeness (QED) is 0.345. The third-order valence-corrected chi connectivity index (χ3v) is 3.83. The molecule has 0 spiro atoms. The number of hydrogen-bond donors (Lipinski definition) is 3. The van der Waals surface area contributed by atoms with E-state index in [0.717, 1.165) is 18.4 Å². The number of amidine groups is 1. The summed E-state index contributed by atoms with van der Waals surface area (Å²) in [5, 5.41) is 13.9. The number of nitrogens with one attached hydrogen (secondary N) is 1. The maximum atomic E-state index is 12.8. The molecular weight excluding hydrogens is 283 g/mol. The summed E-state index contributed by atoms with van der Waals surface area (Å²) in [6.45, 7) is -0.383. The van der Waals surface area contributed by atoms with Gasteiger partial charge in [-0.1, -0.05) is 29.4 Å². The predicted molar refractivity (Wildman–Crippen MR) is 73.2 cm³/mol. The molecule has 0 saturated heterocycles. The molecule has 116 valence electrons. The Labute approximate surface area is 120 Å². The minimum Gasteiger partial charge on any atom is -0.409 e. The van der Waals surface area contributed by atoms with Crippen molar-refractivity contribution in [2.75, 3.05) is 6.54 Å². The van der Waals surface area contributed by atoms with Gasteiger partial charge in [-0.25, -0.2) is 0 Å². The highest BCUT2D eigenvalue weighted by Crippen LogP contribution is 2.27. The monoisotopic (exact) mass is 301 g/mol. The Kier molecular flexibility index (Phi) is 4.72. The normalized spacial score (nSPS) is 20.9. The smallest absolute Gasteiger partial charge is 0.400 e. The van der Waals surface area contributed by atoms with E-state index in [9.17, 15) is 13.2 Å². The van der Waals surface area contributed by atoms with Gasteiger partial charge in [-0.3, -0.25) is 0 Å². The second-order valence-corrected chi connectivity index (χ2v) is 5.24. The SMILES string of the molecule is N/C(=N/O)C(CNC1CCc2ccccc2C1)C(F)(F)F. The highest BCUT2D eigenvalue weighted by atomic mass is 19.4. The minimum atomic E-state index is -4.53. The van der Waals surface area contributed by atoms with Crippen molar-refractivity contribution < 1.29 is 18.4 Å². The van der Waals surface area contributed by atoms with Gasteiger partial charge in [0.25, 0.3) is 0 Å². The summed E-state index contributed by atoms with van der Waals surface area (Å²) in [4.78, 5) is 0. The fourth-order valence-electron chi connectivity index (χ4n) is 2.61. The number of benzene rings is 1. The third kappa shape index (κ3) is 3.87. The minimum absolute atomic E-state index is 0.0313. The van der Waals surface area contributed by atoms with E-state index in [0.29, 0.717) is 6.42 Å². The Morgan fingerprint density at radius 1 is 1.38 bits per heavy atom. The fourth-order valence-corrected chi connectivity index (χ4v) is 2.61. The maximum absolute atomic E-state index is 12.8. The van der Waals surface area contributed by atoms with Crippen LogP contribution in [0.25, 0.3) is 0 Å². The van der Waals surface area contributed by atoms with Crippen LogP contribution >= 0.6 is 0 Å². The molecule has 4 N–H and O–H groups in total. The predicted octanol–water partition coefficient (Wildman–Crippen LogP) is 2.06. The van der Waals surface area contributed by atoms with E-state index < -0.39 is 17.9 Å². The van der Waals surface area contributed by atoms with Gasteiger partial charge in [0.15, 0.2) is 5.84 Å². The molecule has 1 aromatic carbocycles. The van der Waals surface area contributed by atoms with E-state index in [1.54, 1.807) is 0 Å². The van der Waals surface area contributed by atoms with Crippen LogP contribution in [-0.4, -0.2) is 29.8 Å². The molecule has 0 fully saturated rings. The summed E-state index contributed by atoms with van der Waals surface area (Å²) in [5.74, 6) is -2.79. The largest absolute Gasteiger partial charge is 0.409 e. The first-order valence-electron chi connectivity index (χ1n) is 6.76. The molecule has 1 aromatic rings. The second-order valence-electron chi connectivity index (χ2n) is 5.24. The summed E-state index contributed by atoms with van der Waals surface area (Å²) < 4.78 is 38.5. The van der Waals surface area contributed by atoms with Crippen molar-refractivity contribution in [2.24, 2.45) is 16.8 Å². The van der Waals surface area contributed by atoms with E-state index >= 15 is 0 Å². The zero-order valence-electron chi connectivity index (χ0n) is 11.4. The zero-order chi connectivity index (χ0) is 15.5. The van der Waals surface area contributed by atoms with Gasteiger partial charge in [-0.05, 0) is 30.4 Å². The van der Waals surface area contributed by atoms with Gasteiger partial charge in [0, 0.05) is 12.6 Å². The van der Waals surface area contributed by atoms with Crippen molar-refractivity contribution in [3.8, 4) is 0 Å². The van der Waals surface area contributed by atoms with Crippen molar-refractivity contribution in [3.05, 3.63) is 35.4 Å². The summed E-state index contributed by atoms with van der Waals surface area (Å²) in [6.07, 6.45) is -2.22. The summed E-state index contributed by atoms with van der Waals surface area (Å²) in [6, 6.07) is 7.89. The van der Waals surface area contributed by atoms with Crippen LogP contribution < -0.4 is 11.1 Å². The molecule has 4 nitrogen and oxygen atoms in total. The number of halogens is 3. The highest BCUT2D eigenvalue weighted by Gasteiger charge is 2.42. The molecule has 1 aliphatic rings. The molecule has 0 aromatic heterocycles. The van der Waals surface area contributed by atoms with Crippen molar-refractivity contribution >= 4 is 5.84 Å². The molecule has 21 heavy (non-hydrogen) atoms. The Morgan fingerprint density at radius 2 is 2.05 bits per heavy atom. The number of nitrogens with two attached hydrogens (primary N) is 1. The highest BCUT2D eigenvalue weighted by molar-refractivity contribution is 5.83. The van der Waals surface area contributed by atoms with Gasteiger partial charge < -0.3 is 16.3 Å². The number of oxime groups is 1. The molecule has 7 heteroatoms. The van der Waals surface area contributed by atoms with Crippen LogP contribution in [0.3, 0.4) is 0 Å². The van der Waals surface area contributed by atoms with Crippen LogP contribution in [0, 0.1) is 5.92 Å². The van der Waals surface area contributed by atoms with E-state index in [-0.39, 0.29) is 12.6 Å². The first kappa shape index (κ1) is 15.6.